The summed E-state index contributed by atoms with van der Waals surface area (Å²) >= 11 is 1.78. The van der Waals surface area contributed by atoms with Crippen molar-refractivity contribution in [2.45, 2.75) is 18.6 Å². The molecule has 0 unspecified atom stereocenters. The van der Waals surface area contributed by atoms with Crippen molar-refractivity contribution in [2.24, 2.45) is 5.73 Å². The Morgan fingerprint density at radius 2 is 2.22 bits per heavy atom. The van der Waals surface area contributed by atoms with Crippen LogP contribution in [0.5, 0.6) is 0 Å². The van der Waals surface area contributed by atoms with Crippen molar-refractivity contribution in [3.8, 4) is 0 Å². The lowest BCUT2D eigenvalue weighted by Crippen LogP contribution is -2.39. The van der Waals surface area contributed by atoms with Crippen LogP contribution in [0.4, 0.5) is 0 Å². The first-order chi connectivity index (χ1) is 3.80. The molecule has 0 amide bonds. The van der Waals surface area contributed by atoms with Gasteiger partial charge >= 0.3 is 0 Å². The molecule has 3 N–H and O–H groups in total. The van der Waals surface area contributed by atoms with E-state index >= 15 is 0 Å². The van der Waals surface area contributed by atoms with E-state index < -0.39 is 0 Å². The van der Waals surface area contributed by atoms with Crippen LogP contribution >= 0.6 is 24.2 Å². The fourth-order valence-electron chi connectivity index (χ4n) is 0.739. The van der Waals surface area contributed by atoms with E-state index in [1.165, 1.54) is 0 Å². The Kier molecular flexibility index (Phi) is 4.66. The number of aliphatic hydroxyl groups is 1. The largest absolute Gasteiger partial charge is 0.391 e. The molecule has 0 saturated carbocycles. The van der Waals surface area contributed by atoms with Gasteiger partial charge in [0, 0.05) is 11.8 Å². The van der Waals surface area contributed by atoms with Gasteiger partial charge in [0.1, 0.15) is 0 Å². The quantitative estimate of drug-likeness (QED) is 0.546. The molecule has 2 atom stereocenters. The van der Waals surface area contributed by atoms with Gasteiger partial charge in [0.2, 0.25) is 0 Å². The van der Waals surface area contributed by atoms with Crippen molar-refractivity contribution < 1.29 is 5.11 Å². The van der Waals surface area contributed by atoms with Gasteiger partial charge < -0.3 is 10.8 Å². The lowest BCUT2D eigenvalue weighted by molar-refractivity contribution is 0.163. The van der Waals surface area contributed by atoms with E-state index in [-0.39, 0.29) is 24.6 Å². The van der Waals surface area contributed by atoms with Gasteiger partial charge in [0.05, 0.1) is 6.10 Å². The highest BCUT2D eigenvalue weighted by Crippen LogP contribution is 2.15. The van der Waals surface area contributed by atoms with Crippen LogP contribution < -0.4 is 5.73 Å². The molecule has 0 radical (unpaired) electrons. The second kappa shape index (κ2) is 4.39. The highest BCUT2D eigenvalue weighted by Gasteiger charge is 2.18. The molecule has 1 aliphatic rings. The minimum absolute atomic E-state index is 0. The molecule has 0 aromatic heterocycles. The smallest absolute Gasteiger partial charge is 0.0781 e. The fraction of sp³-hybridized carbons (Fsp3) is 1.00. The summed E-state index contributed by atoms with van der Waals surface area (Å²) in [5.41, 5.74) is 5.51. The van der Waals surface area contributed by atoms with Crippen LogP contribution in [0.15, 0.2) is 0 Å². The molecule has 56 valence electrons. The zero-order chi connectivity index (χ0) is 5.98. The van der Waals surface area contributed by atoms with E-state index in [1.807, 2.05) is 0 Å². The monoisotopic (exact) mass is 169 g/mol. The first kappa shape index (κ1) is 9.56. The fourth-order valence-corrected chi connectivity index (χ4v) is 1.83. The minimum Gasteiger partial charge on any atom is -0.391 e. The molecule has 0 aliphatic carbocycles. The van der Waals surface area contributed by atoms with E-state index in [2.05, 4.69) is 0 Å². The van der Waals surface area contributed by atoms with Crippen molar-refractivity contribution in [1.82, 2.24) is 0 Å². The van der Waals surface area contributed by atoms with Crippen LogP contribution in [0.25, 0.3) is 0 Å². The van der Waals surface area contributed by atoms with E-state index in [1.54, 1.807) is 11.8 Å². The van der Waals surface area contributed by atoms with Crippen LogP contribution in [0.1, 0.15) is 6.42 Å². The normalized spacial score (nSPS) is 35.3. The number of hydrogen-bond acceptors (Lipinski definition) is 3. The molecule has 9 heavy (non-hydrogen) atoms. The Morgan fingerprint density at radius 3 is 2.56 bits per heavy atom. The molecule has 1 aliphatic heterocycles. The first-order valence-electron chi connectivity index (χ1n) is 2.82. The van der Waals surface area contributed by atoms with E-state index in [0.717, 1.165) is 17.9 Å². The summed E-state index contributed by atoms with van der Waals surface area (Å²) in [5, 5.41) is 9.03. The van der Waals surface area contributed by atoms with E-state index in [9.17, 15) is 0 Å². The van der Waals surface area contributed by atoms with Gasteiger partial charge in [-0.25, -0.2) is 0 Å². The van der Waals surface area contributed by atoms with Crippen LogP contribution in [-0.4, -0.2) is 28.8 Å². The number of thioether (sulfide) groups is 1. The molecule has 1 rings (SSSR count). The maximum Gasteiger partial charge on any atom is 0.0781 e. The number of nitrogens with two attached hydrogens (primary N) is 1. The summed E-state index contributed by atoms with van der Waals surface area (Å²) in [6.45, 7) is 0. The Morgan fingerprint density at radius 1 is 1.56 bits per heavy atom. The summed E-state index contributed by atoms with van der Waals surface area (Å²) < 4.78 is 0. The number of halogens is 1. The summed E-state index contributed by atoms with van der Waals surface area (Å²) in [7, 11) is 0. The summed E-state index contributed by atoms with van der Waals surface area (Å²) in [6, 6.07) is 0.0382. The molecule has 2 nitrogen and oxygen atoms in total. The molecule has 0 aromatic carbocycles. The topological polar surface area (TPSA) is 46.2 Å². The number of aliphatic hydroxyl groups excluding tert-OH is 1. The van der Waals surface area contributed by atoms with Crippen molar-refractivity contribution >= 4 is 24.2 Å². The standard InChI is InChI=1S/C5H11NOS.ClH/c6-4-1-2-8-3-5(4)7;/h4-5,7H,1-3,6H2;1H/t4-,5-;/m1./s1. The average molecular weight is 170 g/mol. The van der Waals surface area contributed by atoms with Crippen LogP contribution in [0.2, 0.25) is 0 Å². The van der Waals surface area contributed by atoms with Crippen molar-refractivity contribution in [3.05, 3.63) is 0 Å². The predicted molar refractivity (Wildman–Crippen MR) is 43.2 cm³/mol. The van der Waals surface area contributed by atoms with E-state index in [0.29, 0.717) is 0 Å². The SMILES string of the molecule is Cl.N[C@@H]1CCSC[C@H]1O. The maximum atomic E-state index is 9.03. The van der Waals surface area contributed by atoms with E-state index in [4.69, 9.17) is 10.8 Å². The molecule has 4 heteroatoms. The van der Waals surface area contributed by atoms with Gasteiger partial charge in [-0.3, -0.25) is 0 Å². The third-order valence-electron chi connectivity index (χ3n) is 1.38. The Bertz CT molecular complexity index is 73.4. The molecular weight excluding hydrogens is 158 g/mol. The Hall–Kier alpha value is 0.560. The third-order valence-corrected chi connectivity index (χ3v) is 2.48. The van der Waals surface area contributed by atoms with Gasteiger partial charge in [-0.1, -0.05) is 0 Å². The van der Waals surface area contributed by atoms with Crippen molar-refractivity contribution in [3.63, 3.8) is 0 Å². The zero-order valence-electron chi connectivity index (χ0n) is 5.12. The van der Waals surface area contributed by atoms with Crippen LogP contribution in [0.3, 0.4) is 0 Å². The second-order valence-corrected chi connectivity index (χ2v) is 3.24. The summed E-state index contributed by atoms with van der Waals surface area (Å²) in [5.74, 6) is 1.93. The third kappa shape index (κ3) is 2.76. The second-order valence-electron chi connectivity index (χ2n) is 2.09. The zero-order valence-corrected chi connectivity index (χ0v) is 6.75. The van der Waals surface area contributed by atoms with Crippen LogP contribution in [0, 0.1) is 0 Å². The van der Waals surface area contributed by atoms with Gasteiger partial charge in [-0.15, -0.1) is 12.4 Å². The van der Waals surface area contributed by atoms with Crippen molar-refractivity contribution in [1.29, 1.82) is 0 Å². The van der Waals surface area contributed by atoms with Crippen molar-refractivity contribution in [2.75, 3.05) is 11.5 Å². The first-order valence-corrected chi connectivity index (χ1v) is 3.97. The summed E-state index contributed by atoms with van der Waals surface area (Å²) in [6.07, 6.45) is 0.708. The highest BCUT2D eigenvalue weighted by molar-refractivity contribution is 7.99. The lowest BCUT2D eigenvalue weighted by Gasteiger charge is -2.22. The van der Waals surface area contributed by atoms with Gasteiger partial charge in [0.25, 0.3) is 0 Å². The molecular formula is C5H12ClNOS. The number of rotatable bonds is 0. The molecule has 1 saturated heterocycles. The molecule has 1 heterocycles. The Balaban J connectivity index is 0.000000640. The predicted octanol–water partition coefficient (Wildman–Crippen LogP) is 0.233. The highest BCUT2D eigenvalue weighted by atomic mass is 35.5. The lowest BCUT2D eigenvalue weighted by atomic mass is 10.1. The van der Waals surface area contributed by atoms with Crippen LogP contribution in [-0.2, 0) is 0 Å². The number of hydrogen-bond donors (Lipinski definition) is 2. The maximum absolute atomic E-state index is 9.03. The van der Waals surface area contributed by atoms with Gasteiger partial charge in [-0.05, 0) is 12.2 Å². The molecule has 1 fully saturated rings. The molecule has 0 aromatic rings. The Labute approximate surface area is 65.6 Å². The minimum atomic E-state index is -0.256. The molecule has 0 bridgehead atoms. The van der Waals surface area contributed by atoms with Gasteiger partial charge in [0.15, 0.2) is 0 Å². The average Bonchev–Trinajstić information content (AvgIpc) is 1.77. The molecule has 0 spiro atoms. The van der Waals surface area contributed by atoms with Gasteiger partial charge in [-0.2, -0.15) is 11.8 Å². The summed E-state index contributed by atoms with van der Waals surface area (Å²) in [4.78, 5) is 0.